The van der Waals surface area contributed by atoms with E-state index in [9.17, 15) is 8.78 Å². The molecule has 0 bridgehead atoms. The average Bonchev–Trinajstić information content (AvgIpc) is 2.66. The number of hydrogen-bond donors (Lipinski definition) is 0. The summed E-state index contributed by atoms with van der Waals surface area (Å²) in [7, 11) is 0. The lowest BCUT2D eigenvalue weighted by atomic mass is 10.1. The van der Waals surface area contributed by atoms with Crippen LogP contribution in [0, 0.1) is 18.6 Å². The van der Waals surface area contributed by atoms with Crippen molar-refractivity contribution in [2.45, 2.75) is 20.8 Å². The minimum Gasteiger partial charge on any atom is -0.461 e. The molecular formula is C13H14F2O. The Morgan fingerprint density at radius 3 is 1.94 bits per heavy atom. The van der Waals surface area contributed by atoms with Gasteiger partial charge in [0.25, 0.3) is 0 Å². The van der Waals surface area contributed by atoms with E-state index in [4.69, 9.17) is 4.42 Å². The maximum absolute atomic E-state index is 12.8. The standard InChI is InChI=1S/C11H8F2O.C2H6/c1-7-2-3-11(14-7)8-4-9(12)6-10(13)5-8;1-2/h2-6H,1H3;1-2H3. The molecule has 86 valence electrons. The summed E-state index contributed by atoms with van der Waals surface area (Å²) in [5, 5.41) is 0. The van der Waals surface area contributed by atoms with Crippen molar-refractivity contribution < 1.29 is 13.2 Å². The molecule has 2 rings (SSSR count). The van der Waals surface area contributed by atoms with Gasteiger partial charge in [-0.25, -0.2) is 8.78 Å². The molecule has 0 atom stereocenters. The number of rotatable bonds is 1. The van der Waals surface area contributed by atoms with E-state index in [0.29, 0.717) is 17.1 Å². The summed E-state index contributed by atoms with van der Waals surface area (Å²) in [5.41, 5.74) is 0.413. The van der Waals surface area contributed by atoms with Crippen molar-refractivity contribution in [3.8, 4) is 11.3 Å². The van der Waals surface area contributed by atoms with Crippen LogP contribution in [0.2, 0.25) is 0 Å². The molecule has 0 aliphatic rings. The van der Waals surface area contributed by atoms with Crippen LogP contribution in [-0.4, -0.2) is 0 Å². The van der Waals surface area contributed by atoms with Crippen LogP contribution < -0.4 is 0 Å². The lowest BCUT2D eigenvalue weighted by molar-refractivity contribution is 0.544. The molecule has 0 saturated carbocycles. The molecule has 1 aromatic heterocycles. The van der Waals surface area contributed by atoms with Crippen LogP contribution in [0.15, 0.2) is 34.7 Å². The summed E-state index contributed by atoms with van der Waals surface area (Å²) >= 11 is 0. The predicted octanol–water partition coefficient (Wildman–Crippen LogP) is 4.56. The second-order valence-corrected chi connectivity index (χ2v) is 3.07. The van der Waals surface area contributed by atoms with Gasteiger partial charge >= 0.3 is 0 Å². The van der Waals surface area contributed by atoms with E-state index in [0.717, 1.165) is 6.07 Å². The Morgan fingerprint density at radius 2 is 1.50 bits per heavy atom. The predicted molar refractivity (Wildman–Crippen MR) is 60.1 cm³/mol. The van der Waals surface area contributed by atoms with E-state index in [1.807, 2.05) is 13.8 Å². The SMILES string of the molecule is CC.Cc1ccc(-c2cc(F)cc(F)c2)o1. The molecule has 3 heteroatoms. The summed E-state index contributed by atoms with van der Waals surface area (Å²) in [6.45, 7) is 5.78. The van der Waals surface area contributed by atoms with E-state index in [1.165, 1.54) is 12.1 Å². The van der Waals surface area contributed by atoms with Gasteiger partial charge in [-0.1, -0.05) is 13.8 Å². The van der Waals surface area contributed by atoms with E-state index >= 15 is 0 Å². The van der Waals surface area contributed by atoms with E-state index in [-0.39, 0.29) is 0 Å². The molecule has 0 saturated heterocycles. The molecule has 16 heavy (non-hydrogen) atoms. The maximum atomic E-state index is 12.8. The van der Waals surface area contributed by atoms with Crippen LogP contribution in [0.3, 0.4) is 0 Å². The van der Waals surface area contributed by atoms with Crippen molar-refractivity contribution in [3.05, 3.63) is 47.7 Å². The molecule has 0 aliphatic heterocycles. The quantitative estimate of drug-likeness (QED) is 0.692. The second-order valence-electron chi connectivity index (χ2n) is 3.07. The van der Waals surface area contributed by atoms with Gasteiger partial charge < -0.3 is 4.42 Å². The first-order chi connectivity index (χ1) is 7.65. The normalized spacial score (nSPS) is 9.56. The minimum atomic E-state index is -0.603. The fourth-order valence-electron chi connectivity index (χ4n) is 1.29. The number of furan rings is 1. The van der Waals surface area contributed by atoms with Gasteiger partial charge in [-0.15, -0.1) is 0 Å². The summed E-state index contributed by atoms with van der Waals surface area (Å²) in [4.78, 5) is 0. The number of halogens is 2. The van der Waals surface area contributed by atoms with Gasteiger partial charge in [0, 0.05) is 11.6 Å². The summed E-state index contributed by atoms with van der Waals surface area (Å²) in [6, 6.07) is 6.74. The topological polar surface area (TPSA) is 13.1 Å². The molecule has 1 aromatic carbocycles. The number of aryl methyl sites for hydroxylation is 1. The van der Waals surface area contributed by atoms with Crippen LogP contribution in [0.4, 0.5) is 8.78 Å². The van der Waals surface area contributed by atoms with Crippen molar-refractivity contribution in [2.75, 3.05) is 0 Å². The van der Waals surface area contributed by atoms with E-state index in [1.54, 1.807) is 19.1 Å². The highest BCUT2D eigenvalue weighted by atomic mass is 19.1. The van der Waals surface area contributed by atoms with Crippen molar-refractivity contribution in [2.24, 2.45) is 0 Å². The monoisotopic (exact) mass is 224 g/mol. The van der Waals surface area contributed by atoms with Crippen molar-refractivity contribution in [1.29, 1.82) is 0 Å². The Bertz CT molecular complexity index is 440. The summed E-state index contributed by atoms with van der Waals surface area (Å²) < 4.78 is 30.9. The maximum Gasteiger partial charge on any atom is 0.134 e. The lowest BCUT2D eigenvalue weighted by Crippen LogP contribution is -1.81. The van der Waals surface area contributed by atoms with Crippen molar-refractivity contribution in [1.82, 2.24) is 0 Å². The Kier molecular flexibility index (Phi) is 4.23. The van der Waals surface area contributed by atoms with Crippen LogP contribution in [0.5, 0.6) is 0 Å². The first-order valence-corrected chi connectivity index (χ1v) is 5.18. The zero-order valence-electron chi connectivity index (χ0n) is 9.55. The Labute approximate surface area is 93.7 Å². The van der Waals surface area contributed by atoms with Crippen LogP contribution in [0.25, 0.3) is 11.3 Å². The van der Waals surface area contributed by atoms with Crippen molar-refractivity contribution >= 4 is 0 Å². The highest BCUT2D eigenvalue weighted by Crippen LogP contribution is 2.23. The molecule has 1 heterocycles. The number of benzene rings is 1. The van der Waals surface area contributed by atoms with Gasteiger partial charge in [-0.2, -0.15) is 0 Å². The molecule has 0 unspecified atom stereocenters. The van der Waals surface area contributed by atoms with Gasteiger partial charge in [-0.05, 0) is 31.2 Å². The summed E-state index contributed by atoms with van der Waals surface area (Å²) in [6.07, 6.45) is 0. The van der Waals surface area contributed by atoms with Gasteiger partial charge in [0.2, 0.25) is 0 Å². The van der Waals surface area contributed by atoms with Gasteiger partial charge in [-0.3, -0.25) is 0 Å². The Morgan fingerprint density at radius 1 is 0.938 bits per heavy atom. The highest BCUT2D eigenvalue weighted by Gasteiger charge is 2.05. The Balaban J connectivity index is 0.000000606. The second kappa shape index (κ2) is 5.45. The molecule has 0 spiro atoms. The molecule has 0 aliphatic carbocycles. The van der Waals surface area contributed by atoms with Crippen molar-refractivity contribution in [3.63, 3.8) is 0 Å². The smallest absolute Gasteiger partial charge is 0.134 e. The first-order valence-electron chi connectivity index (χ1n) is 5.18. The van der Waals surface area contributed by atoms with E-state index < -0.39 is 11.6 Å². The van der Waals surface area contributed by atoms with Gasteiger partial charge in [0.15, 0.2) is 0 Å². The zero-order chi connectivity index (χ0) is 12.1. The molecule has 0 fully saturated rings. The fourth-order valence-corrected chi connectivity index (χ4v) is 1.29. The fraction of sp³-hybridized carbons (Fsp3) is 0.231. The molecular weight excluding hydrogens is 210 g/mol. The third kappa shape index (κ3) is 2.92. The van der Waals surface area contributed by atoms with Gasteiger partial charge in [0.05, 0.1) is 0 Å². The van der Waals surface area contributed by atoms with Crippen LogP contribution in [-0.2, 0) is 0 Å². The first kappa shape index (κ1) is 12.4. The third-order valence-corrected chi connectivity index (χ3v) is 1.89. The molecule has 0 radical (unpaired) electrons. The van der Waals surface area contributed by atoms with Crippen LogP contribution in [0.1, 0.15) is 19.6 Å². The minimum absolute atomic E-state index is 0.413. The molecule has 0 N–H and O–H groups in total. The lowest BCUT2D eigenvalue weighted by Gasteiger charge is -1.97. The molecule has 0 amide bonds. The highest BCUT2D eigenvalue weighted by molar-refractivity contribution is 5.57. The zero-order valence-corrected chi connectivity index (χ0v) is 9.55. The van der Waals surface area contributed by atoms with Gasteiger partial charge in [0.1, 0.15) is 23.2 Å². The third-order valence-electron chi connectivity index (χ3n) is 1.89. The van der Waals surface area contributed by atoms with Crippen LogP contribution >= 0.6 is 0 Å². The average molecular weight is 224 g/mol. The molecule has 1 nitrogen and oxygen atoms in total. The Hall–Kier alpha value is -1.64. The number of hydrogen-bond acceptors (Lipinski definition) is 1. The van der Waals surface area contributed by atoms with E-state index in [2.05, 4.69) is 0 Å². The molecule has 2 aromatic rings. The largest absolute Gasteiger partial charge is 0.461 e. The summed E-state index contributed by atoms with van der Waals surface area (Å²) in [5.74, 6) is -0.0197.